The maximum absolute atomic E-state index is 12.2. The highest BCUT2D eigenvalue weighted by atomic mass is 16.5. The molecule has 0 bridgehead atoms. The normalized spacial score (nSPS) is 10.1. The molecule has 0 unspecified atom stereocenters. The highest BCUT2D eigenvalue weighted by Gasteiger charge is 2.13. The van der Waals surface area contributed by atoms with E-state index in [0.717, 1.165) is 11.1 Å². The topological polar surface area (TPSA) is 44.8 Å². The minimum atomic E-state index is -0.430. The van der Waals surface area contributed by atoms with E-state index in [0.29, 0.717) is 22.8 Å². The van der Waals surface area contributed by atoms with Crippen molar-refractivity contribution in [3.8, 4) is 17.2 Å². The van der Waals surface area contributed by atoms with E-state index in [4.69, 9.17) is 14.2 Å². The SMILES string of the molecule is COc1ccc(C(=O)Oc2cc(C)cc(C)c2)cc1OC. The number of hydrogen-bond acceptors (Lipinski definition) is 4. The largest absolute Gasteiger partial charge is 0.493 e. The van der Waals surface area contributed by atoms with Crippen LogP contribution in [0.5, 0.6) is 17.2 Å². The molecular formula is C17H18O4. The number of ether oxygens (including phenoxy) is 3. The van der Waals surface area contributed by atoms with Gasteiger partial charge in [-0.3, -0.25) is 0 Å². The Morgan fingerprint density at radius 3 is 2.05 bits per heavy atom. The van der Waals surface area contributed by atoms with Crippen molar-refractivity contribution in [2.75, 3.05) is 14.2 Å². The molecule has 0 aliphatic carbocycles. The van der Waals surface area contributed by atoms with Crippen LogP contribution < -0.4 is 14.2 Å². The highest BCUT2D eigenvalue weighted by Crippen LogP contribution is 2.28. The lowest BCUT2D eigenvalue weighted by atomic mass is 10.1. The number of esters is 1. The Morgan fingerprint density at radius 1 is 0.857 bits per heavy atom. The Hall–Kier alpha value is -2.49. The van der Waals surface area contributed by atoms with Crippen LogP contribution in [0, 0.1) is 13.8 Å². The Morgan fingerprint density at radius 2 is 1.48 bits per heavy atom. The summed E-state index contributed by atoms with van der Waals surface area (Å²) >= 11 is 0. The molecule has 0 aliphatic rings. The van der Waals surface area contributed by atoms with Gasteiger partial charge in [-0.25, -0.2) is 4.79 Å². The summed E-state index contributed by atoms with van der Waals surface area (Å²) in [5, 5.41) is 0. The highest BCUT2D eigenvalue weighted by molar-refractivity contribution is 5.91. The van der Waals surface area contributed by atoms with Crippen molar-refractivity contribution in [3.63, 3.8) is 0 Å². The summed E-state index contributed by atoms with van der Waals surface area (Å²) in [5.41, 5.74) is 2.50. The molecule has 0 amide bonds. The average Bonchev–Trinajstić information content (AvgIpc) is 2.45. The van der Waals surface area contributed by atoms with Crippen LogP contribution in [0.25, 0.3) is 0 Å². The Bertz CT molecular complexity index is 642. The second kappa shape index (κ2) is 6.31. The van der Waals surface area contributed by atoms with E-state index in [1.807, 2.05) is 32.0 Å². The van der Waals surface area contributed by atoms with Crippen molar-refractivity contribution in [2.24, 2.45) is 0 Å². The van der Waals surface area contributed by atoms with E-state index in [2.05, 4.69) is 0 Å². The summed E-state index contributed by atoms with van der Waals surface area (Å²) in [4.78, 5) is 12.2. The van der Waals surface area contributed by atoms with Crippen molar-refractivity contribution in [3.05, 3.63) is 53.1 Å². The first-order valence-electron chi connectivity index (χ1n) is 6.56. The Balaban J connectivity index is 2.24. The second-order valence-corrected chi connectivity index (χ2v) is 4.78. The lowest BCUT2D eigenvalue weighted by Gasteiger charge is -2.10. The molecule has 0 N–H and O–H groups in total. The summed E-state index contributed by atoms with van der Waals surface area (Å²) in [6.45, 7) is 3.92. The number of carbonyl (C=O) groups excluding carboxylic acids is 1. The smallest absolute Gasteiger partial charge is 0.343 e. The van der Waals surface area contributed by atoms with Crippen molar-refractivity contribution in [1.82, 2.24) is 0 Å². The van der Waals surface area contributed by atoms with Crippen molar-refractivity contribution in [1.29, 1.82) is 0 Å². The number of methoxy groups -OCH3 is 2. The molecule has 4 nitrogen and oxygen atoms in total. The quantitative estimate of drug-likeness (QED) is 0.637. The minimum absolute atomic E-state index is 0.409. The van der Waals surface area contributed by atoms with Crippen molar-refractivity contribution in [2.45, 2.75) is 13.8 Å². The van der Waals surface area contributed by atoms with E-state index in [9.17, 15) is 4.79 Å². The number of rotatable bonds is 4. The number of carbonyl (C=O) groups is 1. The van der Waals surface area contributed by atoms with Crippen LogP contribution in [0.3, 0.4) is 0 Å². The number of benzene rings is 2. The summed E-state index contributed by atoms with van der Waals surface area (Å²) in [6.07, 6.45) is 0. The number of hydrogen-bond donors (Lipinski definition) is 0. The lowest BCUT2D eigenvalue weighted by molar-refractivity contribution is 0.0734. The van der Waals surface area contributed by atoms with Gasteiger partial charge in [0.2, 0.25) is 0 Å². The molecule has 0 saturated heterocycles. The van der Waals surface area contributed by atoms with Gasteiger partial charge in [0.1, 0.15) is 5.75 Å². The van der Waals surface area contributed by atoms with E-state index >= 15 is 0 Å². The first kappa shape index (κ1) is 14.9. The van der Waals surface area contributed by atoms with Gasteiger partial charge in [0.25, 0.3) is 0 Å². The Kier molecular flexibility index (Phi) is 4.48. The van der Waals surface area contributed by atoms with Crippen LogP contribution in [0.4, 0.5) is 0 Å². The van der Waals surface area contributed by atoms with Gasteiger partial charge in [-0.1, -0.05) is 6.07 Å². The van der Waals surface area contributed by atoms with E-state index in [1.54, 1.807) is 25.3 Å². The van der Waals surface area contributed by atoms with E-state index < -0.39 is 5.97 Å². The lowest BCUT2D eigenvalue weighted by Crippen LogP contribution is -2.09. The third kappa shape index (κ3) is 3.54. The average molecular weight is 286 g/mol. The molecule has 21 heavy (non-hydrogen) atoms. The molecule has 0 fully saturated rings. The molecule has 0 aliphatic heterocycles. The predicted octanol–water partition coefficient (Wildman–Crippen LogP) is 3.54. The summed E-state index contributed by atoms with van der Waals surface area (Å²) < 4.78 is 15.7. The fourth-order valence-electron chi connectivity index (χ4n) is 2.12. The van der Waals surface area contributed by atoms with Gasteiger partial charge >= 0.3 is 5.97 Å². The van der Waals surface area contributed by atoms with Gasteiger partial charge < -0.3 is 14.2 Å². The Labute approximate surface area is 124 Å². The van der Waals surface area contributed by atoms with E-state index in [-0.39, 0.29) is 0 Å². The zero-order valence-corrected chi connectivity index (χ0v) is 12.6. The van der Waals surface area contributed by atoms with Crippen LogP contribution in [0.1, 0.15) is 21.5 Å². The van der Waals surface area contributed by atoms with Gasteiger partial charge in [0.15, 0.2) is 11.5 Å². The minimum Gasteiger partial charge on any atom is -0.493 e. The molecule has 0 saturated carbocycles. The van der Waals surface area contributed by atoms with Crippen LogP contribution in [0.15, 0.2) is 36.4 Å². The molecule has 0 aromatic heterocycles. The molecule has 0 atom stereocenters. The zero-order chi connectivity index (χ0) is 15.4. The van der Waals surface area contributed by atoms with Gasteiger partial charge in [-0.15, -0.1) is 0 Å². The van der Waals surface area contributed by atoms with Gasteiger partial charge in [-0.2, -0.15) is 0 Å². The summed E-state index contributed by atoms with van der Waals surface area (Å²) in [5.74, 6) is 1.17. The number of aryl methyl sites for hydroxylation is 2. The van der Waals surface area contributed by atoms with Gasteiger partial charge in [0, 0.05) is 0 Å². The van der Waals surface area contributed by atoms with Crippen LogP contribution in [0.2, 0.25) is 0 Å². The summed E-state index contributed by atoms with van der Waals surface area (Å²) in [7, 11) is 3.07. The van der Waals surface area contributed by atoms with Gasteiger partial charge in [0.05, 0.1) is 19.8 Å². The van der Waals surface area contributed by atoms with E-state index in [1.165, 1.54) is 7.11 Å². The molecule has 2 aromatic rings. The zero-order valence-electron chi connectivity index (χ0n) is 12.6. The second-order valence-electron chi connectivity index (χ2n) is 4.78. The summed E-state index contributed by atoms with van der Waals surface area (Å²) in [6, 6.07) is 10.6. The van der Waals surface area contributed by atoms with Crippen molar-refractivity contribution < 1.29 is 19.0 Å². The fourth-order valence-corrected chi connectivity index (χ4v) is 2.12. The molecule has 2 aromatic carbocycles. The first-order valence-corrected chi connectivity index (χ1v) is 6.56. The standard InChI is InChI=1S/C17H18O4/c1-11-7-12(2)9-14(8-11)21-17(18)13-5-6-15(19-3)16(10-13)20-4/h5-10H,1-4H3. The molecule has 2 rings (SSSR count). The molecule has 4 heteroatoms. The molecule has 0 heterocycles. The maximum Gasteiger partial charge on any atom is 0.343 e. The first-order chi connectivity index (χ1) is 10.0. The fraction of sp³-hybridized carbons (Fsp3) is 0.235. The van der Waals surface area contributed by atoms with Gasteiger partial charge in [-0.05, 0) is 55.3 Å². The third-order valence-electron chi connectivity index (χ3n) is 3.02. The maximum atomic E-state index is 12.2. The monoisotopic (exact) mass is 286 g/mol. The third-order valence-corrected chi connectivity index (χ3v) is 3.02. The molecule has 110 valence electrons. The predicted molar refractivity (Wildman–Crippen MR) is 80.4 cm³/mol. The van der Waals surface area contributed by atoms with Crippen LogP contribution >= 0.6 is 0 Å². The molecule has 0 radical (unpaired) electrons. The molecule has 0 spiro atoms. The van der Waals surface area contributed by atoms with Crippen molar-refractivity contribution >= 4 is 5.97 Å². The molecular weight excluding hydrogens is 268 g/mol. The van der Waals surface area contributed by atoms with Crippen LogP contribution in [-0.2, 0) is 0 Å². The van der Waals surface area contributed by atoms with Crippen LogP contribution in [-0.4, -0.2) is 20.2 Å².